The molecule has 7 nitrogen and oxygen atoms in total. The molecule has 0 bridgehead atoms. The van der Waals surface area contributed by atoms with Crippen molar-refractivity contribution in [3.63, 3.8) is 0 Å². The average molecular weight is 466 g/mol. The molecule has 1 atom stereocenters. The summed E-state index contributed by atoms with van der Waals surface area (Å²) in [5, 5.41) is 15.5. The number of hydrogen-bond acceptors (Lipinski definition) is 6. The van der Waals surface area contributed by atoms with E-state index in [1.54, 1.807) is 23.9 Å². The molecule has 1 heterocycles. The molecule has 0 saturated carbocycles. The molecule has 162 valence electrons. The Morgan fingerprint density at radius 1 is 1.09 bits per heavy atom. The van der Waals surface area contributed by atoms with Crippen LogP contribution >= 0.6 is 23.4 Å². The fourth-order valence-electron chi connectivity index (χ4n) is 3.12. The molecule has 4 rings (SSSR count). The molecule has 3 aromatic carbocycles. The van der Waals surface area contributed by atoms with Gasteiger partial charge in [0.1, 0.15) is 11.0 Å². The highest BCUT2D eigenvalue weighted by molar-refractivity contribution is 8.00. The predicted molar refractivity (Wildman–Crippen MR) is 126 cm³/mol. The number of methoxy groups -OCH3 is 1. The van der Waals surface area contributed by atoms with Gasteiger partial charge in [-0.3, -0.25) is 4.79 Å². The van der Waals surface area contributed by atoms with Crippen molar-refractivity contribution in [2.24, 2.45) is 0 Å². The number of benzene rings is 3. The van der Waals surface area contributed by atoms with Crippen LogP contribution in [0.2, 0.25) is 5.02 Å². The van der Waals surface area contributed by atoms with E-state index in [0.717, 1.165) is 16.8 Å². The third kappa shape index (κ3) is 4.92. The second-order valence-corrected chi connectivity index (χ2v) is 8.46. The maximum absolute atomic E-state index is 13.4. The number of anilines is 1. The topological polar surface area (TPSA) is 81.9 Å². The molecule has 0 fully saturated rings. The van der Waals surface area contributed by atoms with Crippen molar-refractivity contribution in [2.45, 2.75) is 17.3 Å². The summed E-state index contributed by atoms with van der Waals surface area (Å²) in [5.74, 6) is 0.377. The molecule has 32 heavy (non-hydrogen) atoms. The summed E-state index contributed by atoms with van der Waals surface area (Å²) in [6.07, 6.45) is 0. The van der Waals surface area contributed by atoms with Gasteiger partial charge in [0.15, 0.2) is 0 Å². The number of carbonyl (C=O) groups excluding carboxylic acids is 1. The van der Waals surface area contributed by atoms with Crippen LogP contribution in [0.5, 0.6) is 5.75 Å². The van der Waals surface area contributed by atoms with E-state index in [2.05, 4.69) is 20.8 Å². The van der Waals surface area contributed by atoms with E-state index in [9.17, 15) is 4.79 Å². The molecule has 0 aliphatic heterocycles. The van der Waals surface area contributed by atoms with Gasteiger partial charge in [0.25, 0.3) is 0 Å². The van der Waals surface area contributed by atoms with Gasteiger partial charge in [-0.1, -0.05) is 59.8 Å². The first-order valence-electron chi connectivity index (χ1n) is 9.76. The number of ether oxygens (including phenoxy) is 1. The molecule has 4 aromatic rings. The van der Waals surface area contributed by atoms with Gasteiger partial charge in [-0.15, -0.1) is 5.10 Å². The molecule has 1 aromatic heterocycles. The van der Waals surface area contributed by atoms with Crippen LogP contribution in [0.25, 0.3) is 5.69 Å². The van der Waals surface area contributed by atoms with E-state index >= 15 is 0 Å². The molecule has 0 radical (unpaired) electrons. The minimum Gasteiger partial charge on any atom is -0.495 e. The third-order valence-corrected chi connectivity index (χ3v) is 6.13. The fourth-order valence-corrected chi connectivity index (χ4v) is 4.24. The smallest absolute Gasteiger partial charge is 0.242 e. The van der Waals surface area contributed by atoms with Gasteiger partial charge in [-0.25, -0.2) is 0 Å². The highest BCUT2D eigenvalue weighted by Gasteiger charge is 2.26. The number of aromatic nitrogens is 4. The number of tetrazole rings is 1. The number of hydrogen-bond donors (Lipinski definition) is 1. The standard InChI is InChI=1S/C23H20ClN5O2S/c1-15-8-13-20(31-2)19(14-15)25-22(30)21(16-6-4-3-5-7-16)32-23-26-27-28-29(23)18-11-9-17(24)10-12-18/h3-14,21H,1-2H3,(H,25,30)/t21-/m0/s1. The number of aryl methyl sites for hydroxylation is 1. The summed E-state index contributed by atoms with van der Waals surface area (Å²) >= 11 is 7.26. The Labute approximate surface area is 194 Å². The minimum atomic E-state index is -0.599. The number of amides is 1. The number of nitrogens with one attached hydrogen (secondary N) is 1. The predicted octanol–water partition coefficient (Wildman–Crippen LogP) is 5.10. The van der Waals surface area contributed by atoms with Gasteiger partial charge in [-0.2, -0.15) is 4.68 Å². The Hall–Kier alpha value is -3.36. The number of carbonyl (C=O) groups is 1. The summed E-state index contributed by atoms with van der Waals surface area (Å²) in [5.41, 5.74) is 3.19. The first-order valence-corrected chi connectivity index (χ1v) is 11.0. The molecule has 0 spiro atoms. The fraction of sp³-hybridized carbons (Fsp3) is 0.130. The summed E-state index contributed by atoms with van der Waals surface area (Å²) in [6.45, 7) is 1.96. The average Bonchev–Trinajstić information content (AvgIpc) is 3.27. The number of halogens is 1. The molecule has 0 aliphatic rings. The molecule has 9 heteroatoms. The summed E-state index contributed by atoms with van der Waals surface area (Å²) < 4.78 is 6.99. The second-order valence-electron chi connectivity index (χ2n) is 6.95. The Morgan fingerprint density at radius 2 is 1.84 bits per heavy atom. The lowest BCUT2D eigenvalue weighted by atomic mass is 10.1. The highest BCUT2D eigenvalue weighted by Crippen LogP contribution is 2.37. The minimum absolute atomic E-state index is 0.212. The SMILES string of the molecule is COc1ccc(C)cc1NC(=O)[C@@H](Sc1nnnn1-c1ccc(Cl)cc1)c1ccccc1. The quantitative estimate of drug-likeness (QED) is 0.382. The third-order valence-electron chi connectivity index (χ3n) is 4.69. The van der Waals surface area contributed by atoms with Crippen molar-refractivity contribution in [1.29, 1.82) is 0 Å². The van der Waals surface area contributed by atoms with Crippen LogP contribution in [0.3, 0.4) is 0 Å². The van der Waals surface area contributed by atoms with Gasteiger partial charge in [0, 0.05) is 5.02 Å². The van der Waals surface area contributed by atoms with Crippen molar-refractivity contribution in [2.75, 3.05) is 12.4 Å². The van der Waals surface area contributed by atoms with Gasteiger partial charge in [0.2, 0.25) is 11.1 Å². The molecular formula is C23H20ClN5O2S. The molecular weight excluding hydrogens is 446 g/mol. The van der Waals surface area contributed by atoms with Crippen LogP contribution in [0.15, 0.2) is 78.0 Å². The monoisotopic (exact) mass is 465 g/mol. The lowest BCUT2D eigenvalue weighted by Crippen LogP contribution is -2.20. The van der Waals surface area contributed by atoms with Crippen LogP contribution in [0.4, 0.5) is 5.69 Å². The van der Waals surface area contributed by atoms with Crippen molar-refractivity contribution < 1.29 is 9.53 Å². The van der Waals surface area contributed by atoms with Crippen molar-refractivity contribution in [3.8, 4) is 11.4 Å². The maximum atomic E-state index is 13.4. The summed E-state index contributed by atoms with van der Waals surface area (Å²) in [4.78, 5) is 13.4. The first kappa shape index (κ1) is 21.9. The number of thioether (sulfide) groups is 1. The van der Waals surface area contributed by atoms with E-state index in [-0.39, 0.29) is 5.91 Å². The molecule has 0 unspecified atom stereocenters. The van der Waals surface area contributed by atoms with E-state index in [0.29, 0.717) is 21.6 Å². The van der Waals surface area contributed by atoms with Crippen LogP contribution in [-0.4, -0.2) is 33.2 Å². The van der Waals surface area contributed by atoms with Crippen LogP contribution in [0.1, 0.15) is 16.4 Å². The molecule has 0 aliphatic carbocycles. The van der Waals surface area contributed by atoms with Crippen LogP contribution in [-0.2, 0) is 4.79 Å². The number of rotatable bonds is 7. The Bertz CT molecular complexity index is 1210. The van der Waals surface area contributed by atoms with E-state index in [4.69, 9.17) is 16.3 Å². The van der Waals surface area contributed by atoms with E-state index < -0.39 is 5.25 Å². The Morgan fingerprint density at radius 3 is 2.56 bits per heavy atom. The Kier molecular flexibility index (Phi) is 6.72. The lowest BCUT2D eigenvalue weighted by molar-refractivity contribution is -0.115. The van der Waals surface area contributed by atoms with Gasteiger partial charge in [0.05, 0.1) is 18.5 Å². The summed E-state index contributed by atoms with van der Waals surface area (Å²) in [6, 6.07) is 22.3. The van der Waals surface area contributed by atoms with E-state index in [1.807, 2.05) is 67.6 Å². The first-order chi connectivity index (χ1) is 15.5. The molecule has 1 amide bonds. The highest BCUT2D eigenvalue weighted by atomic mass is 35.5. The van der Waals surface area contributed by atoms with Crippen LogP contribution in [0, 0.1) is 6.92 Å². The lowest BCUT2D eigenvalue weighted by Gasteiger charge is -2.18. The van der Waals surface area contributed by atoms with Gasteiger partial charge < -0.3 is 10.1 Å². The van der Waals surface area contributed by atoms with Crippen molar-refractivity contribution >= 4 is 35.0 Å². The summed E-state index contributed by atoms with van der Waals surface area (Å²) in [7, 11) is 1.57. The molecule has 0 saturated heterocycles. The second kappa shape index (κ2) is 9.84. The maximum Gasteiger partial charge on any atom is 0.242 e. The normalized spacial score (nSPS) is 11.7. The van der Waals surface area contributed by atoms with Crippen molar-refractivity contribution in [3.05, 3.63) is 88.9 Å². The van der Waals surface area contributed by atoms with Gasteiger partial charge in [-0.05, 0) is 64.9 Å². The van der Waals surface area contributed by atoms with Gasteiger partial charge >= 0.3 is 0 Å². The van der Waals surface area contributed by atoms with E-state index in [1.165, 1.54) is 11.8 Å². The Balaban J connectivity index is 1.66. The number of nitrogens with zero attached hydrogens (tertiary/aromatic N) is 4. The largest absolute Gasteiger partial charge is 0.495 e. The van der Waals surface area contributed by atoms with Crippen molar-refractivity contribution in [1.82, 2.24) is 20.2 Å². The zero-order valence-electron chi connectivity index (χ0n) is 17.4. The molecule has 1 N–H and O–H groups in total. The zero-order chi connectivity index (χ0) is 22.5. The van der Waals surface area contributed by atoms with Crippen LogP contribution < -0.4 is 10.1 Å². The zero-order valence-corrected chi connectivity index (χ0v) is 19.0.